The molecule has 0 spiro atoms. The topological polar surface area (TPSA) is 123 Å². The number of amides is 4. The Hall–Kier alpha value is -3.89. The average Bonchev–Trinajstić information content (AvgIpc) is 3.55. The molecule has 37 heavy (non-hydrogen) atoms. The summed E-state index contributed by atoms with van der Waals surface area (Å²) >= 11 is 0. The highest BCUT2D eigenvalue weighted by Crippen LogP contribution is 2.36. The molecule has 0 bridgehead atoms. The largest absolute Gasteiger partial charge is 0.351 e. The van der Waals surface area contributed by atoms with E-state index in [9.17, 15) is 14.4 Å². The van der Waals surface area contributed by atoms with E-state index in [0.29, 0.717) is 56.7 Å². The van der Waals surface area contributed by atoms with Crippen LogP contribution in [0.1, 0.15) is 48.0 Å². The van der Waals surface area contributed by atoms with Gasteiger partial charge in [0.05, 0.1) is 6.20 Å². The van der Waals surface area contributed by atoms with Gasteiger partial charge in [0.25, 0.3) is 5.91 Å². The van der Waals surface area contributed by atoms with Crippen molar-refractivity contribution in [3.8, 4) is 0 Å². The van der Waals surface area contributed by atoms with Crippen LogP contribution >= 0.6 is 0 Å². The number of urea groups is 1. The molecule has 0 atom stereocenters. The summed E-state index contributed by atoms with van der Waals surface area (Å²) in [6, 6.07) is 5.72. The highest BCUT2D eigenvalue weighted by Gasteiger charge is 2.31. The number of rotatable bonds is 7. The molecule has 11 nitrogen and oxygen atoms in total. The van der Waals surface area contributed by atoms with Gasteiger partial charge in [0.1, 0.15) is 5.69 Å². The maximum absolute atomic E-state index is 12.6. The van der Waals surface area contributed by atoms with Crippen LogP contribution in [-0.4, -0.2) is 78.5 Å². The quantitative estimate of drug-likeness (QED) is 0.527. The molecule has 3 aliphatic rings. The summed E-state index contributed by atoms with van der Waals surface area (Å²) in [5.41, 5.74) is 2.96. The maximum Gasteiger partial charge on any atom is 0.317 e. The van der Waals surface area contributed by atoms with Crippen LogP contribution in [0.2, 0.25) is 0 Å². The number of fused-ring (bicyclic) bond motifs is 1. The number of aromatic nitrogens is 2. The number of nitrogens with zero attached hydrogens (tertiary/aromatic N) is 5. The highest BCUT2D eigenvalue weighted by molar-refractivity contribution is 5.97. The van der Waals surface area contributed by atoms with Crippen LogP contribution in [0.25, 0.3) is 0 Å². The molecule has 4 amide bonds. The molecule has 2 aliphatic heterocycles. The average molecular weight is 507 g/mol. The number of aryl methyl sites for hydroxylation is 1. The third-order valence-electron chi connectivity index (χ3n) is 7.44. The summed E-state index contributed by atoms with van der Waals surface area (Å²) in [6.07, 6.45) is 6.79. The molecule has 196 valence electrons. The van der Waals surface area contributed by atoms with Crippen molar-refractivity contribution in [3.05, 3.63) is 35.5 Å². The molecule has 2 fully saturated rings. The first kappa shape index (κ1) is 24.8. The van der Waals surface area contributed by atoms with Gasteiger partial charge in [-0.25, -0.2) is 9.78 Å². The van der Waals surface area contributed by atoms with Gasteiger partial charge >= 0.3 is 6.03 Å². The number of carbonyl (C=O) groups excluding carboxylic acids is 3. The SMILES string of the molecule is Cc1cc(C(=O)NCCN2CCNC2=O)ccc1Nc1ncc2c(n1)N(C1CCCC1)CCC(=O)N2C. The molecule has 0 unspecified atom stereocenters. The van der Waals surface area contributed by atoms with Crippen molar-refractivity contribution in [1.29, 1.82) is 0 Å². The lowest BCUT2D eigenvalue weighted by atomic mass is 10.1. The molecule has 1 aliphatic carbocycles. The highest BCUT2D eigenvalue weighted by atomic mass is 16.2. The fourth-order valence-electron chi connectivity index (χ4n) is 5.27. The zero-order chi connectivity index (χ0) is 25.9. The Bertz CT molecular complexity index is 1200. The molecule has 5 rings (SSSR count). The molecule has 3 heterocycles. The minimum Gasteiger partial charge on any atom is -0.351 e. The van der Waals surface area contributed by atoms with E-state index in [2.05, 4.69) is 25.8 Å². The number of nitrogens with one attached hydrogen (secondary N) is 3. The van der Waals surface area contributed by atoms with Crippen molar-refractivity contribution in [3.63, 3.8) is 0 Å². The fraction of sp³-hybridized carbons (Fsp3) is 0.500. The van der Waals surface area contributed by atoms with E-state index in [1.807, 2.05) is 19.1 Å². The molecule has 1 saturated heterocycles. The Morgan fingerprint density at radius 2 is 2.00 bits per heavy atom. The van der Waals surface area contributed by atoms with Crippen molar-refractivity contribution in [2.24, 2.45) is 0 Å². The summed E-state index contributed by atoms with van der Waals surface area (Å²) in [5.74, 6) is 1.13. The molecule has 0 radical (unpaired) electrons. The van der Waals surface area contributed by atoms with Crippen LogP contribution in [0.4, 0.5) is 27.9 Å². The van der Waals surface area contributed by atoms with Crippen LogP contribution < -0.4 is 25.8 Å². The van der Waals surface area contributed by atoms with E-state index >= 15 is 0 Å². The Labute approximate surface area is 216 Å². The van der Waals surface area contributed by atoms with Gasteiger partial charge in [0, 0.05) is 63.5 Å². The van der Waals surface area contributed by atoms with Crippen molar-refractivity contribution < 1.29 is 14.4 Å². The van der Waals surface area contributed by atoms with E-state index in [0.717, 1.165) is 35.6 Å². The van der Waals surface area contributed by atoms with Gasteiger partial charge in [-0.05, 0) is 43.5 Å². The van der Waals surface area contributed by atoms with Crippen molar-refractivity contribution in [2.75, 3.05) is 54.9 Å². The van der Waals surface area contributed by atoms with Gasteiger partial charge in [-0.3, -0.25) is 9.59 Å². The van der Waals surface area contributed by atoms with Gasteiger partial charge in [0.2, 0.25) is 11.9 Å². The summed E-state index contributed by atoms with van der Waals surface area (Å²) in [5, 5.41) is 8.93. The molecular weight excluding hydrogens is 472 g/mol. The van der Waals surface area contributed by atoms with E-state index in [-0.39, 0.29) is 17.8 Å². The van der Waals surface area contributed by atoms with E-state index in [1.165, 1.54) is 12.8 Å². The first-order valence-corrected chi connectivity index (χ1v) is 13.0. The molecule has 3 N–H and O–H groups in total. The molecule has 2 aromatic rings. The minimum absolute atomic E-state index is 0.0689. The van der Waals surface area contributed by atoms with E-state index < -0.39 is 0 Å². The van der Waals surface area contributed by atoms with Crippen LogP contribution in [0.3, 0.4) is 0 Å². The predicted octanol–water partition coefficient (Wildman–Crippen LogP) is 2.40. The minimum atomic E-state index is -0.185. The van der Waals surface area contributed by atoms with Crippen molar-refractivity contribution in [2.45, 2.75) is 45.1 Å². The molecular formula is C26H34N8O3. The molecule has 1 aromatic heterocycles. The van der Waals surface area contributed by atoms with Crippen LogP contribution in [-0.2, 0) is 4.79 Å². The lowest BCUT2D eigenvalue weighted by Crippen LogP contribution is -2.36. The lowest BCUT2D eigenvalue weighted by molar-refractivity contribution is -0.118. The van der Waals surface area contributed by atoms with Crippen LogP contribution in [0.5, 0.6) is 0 Å². The monoisotopic (exact) mass is 506 g/mol. The maximum atomic E-state index is 12.6. The lowest BCUT2D eigenvalue weighted by Gasteiger charge is -2.30. The van der Waals surface area contributed by atoms with Gasteiger partial charge in [0.15, 0.2) is 5.82 Å². The second-order valence-electron chi connectivity index (χ2n) is 9.87. The van der Waals surface area contributed by atoms with Gasteiger partial charge < -0.3 is 30.7 Å². The van der Waals surface area contributed by atoms with Crippen molar-refractivity contribution in [1.82, 2.24) is 25.5 Å². The van der Waals surface area contributed by atoms with Crippen LogP contribution in [0, 0.1) is 6.92 Å². The summed E-state index contributed by atoms with van der Waals surface area (Å²) in [4.78, 5) is 51.8. The second-order valence-corrected chi connectivity index (χ2v) is 9.87. The number of benzene rings is 1. The summed E-state index contributed by atoms with van der Waals surface area (Å²) in [7, 11) is 1.78. The molecule has 11 heteroatoms. The number of hydrogen-bond donors (Lipinski definition) is 3. The first-order chi connectivity index (χ1) is 17.9. The number of carbonyl (C=O) groups is 3. The van der Waals surface area contributed by atoms with Gasteiger partial charge in [-0.15, -0.1) is 0 Å². The zero-order valence-electron chi connectivity index (χ0n) is 21.4. The Morgan fingerprint density at radius 1 is 1.19 bits per heavy atom. The van der Waals surface area contributed by atoms with Gasteiger partial charge in [-0.2, -0.15) is 4.98 Å². The molecule has 1 saturated carbocycles. The van der Waals surface area contributed by atoms with E-state index in [4.69, 9.17) is 4.98 Å². The third-order valence-corrected chi connectivity index (χ3v) is 7.44. The normalized spacial score (nSPS) is 18.1. The first-order valence-electron chi connectivity index (χ1n) is 13.0. The summed E-state index contributed by atoms with van der Waals surface area (Å²) in [6.45, 7) is 4.75. The van der Waals surface area contributed by atoms with Gasteiger partial charge in [-0.1, -0.05) is 12.8 Å². The second kappa shape index (κ2) is 10.6. The van der Waals surface area contributed by atoms with Crippen LogP contribution in [0.15, 0.2) is 24.4 Å². The Morgan fingerprint density at radius 3 is 2.73 bits per heavy atom. The predicted molar refractivity (Wildman–Crippen MR) is 141 cm³/mol. The Balaban J connectivity index is 1.29. The Kier molecular flexibility index (Phi) is 7.11. The smallest absolute Gasteiger partial charge is 0.317 e. The standard InChI is InChI=1S/C26H34N8O3/c1-17-15-18(24(36)27-10-13-33-14-11-28-26(33)37)7-8-20(17)30-25-29-16-21-23(31-25)34(19-5-3-4-6-19)12-9-22(35)32(21)2/h7-8,15-16,19H,3-6,9-14H2,1-2H3,(H,27,36)(H,28,37)(H,29,30,31). The third kappa shape index (κ3) is 5.30. The fourth-order valence-corrected chi connectivity index (χ4v) is 5.27. The zero-order valence-corrected chi connectivity index (χ0v) is 21.4. The summed E-state index contributed by atoms with van der Waals surface area (Å²) < 4.78 is 0. The molecule has 1 aromatic carbocycles. The number of anilines is 4. The number of hydrogen-bond acceptors (Lipinski definition) is 7. The van der Waals surface area contributed by atoms with E-state index in [1.54, 1.807) is 29.1 Å². The van der Waals surface area contributed by atoms with Crippen molar-refractivity contribution >= 4 is 41.0 Å².